The lowest BCUT2D eigenvalue weighted by Crippen LogP contribution is -2.44. The van der Waals surface area contributed by atoms with Crippen molar-refractivity contribution in [3.8, 4) is 0 Å². The van der Waals surface area contributed by atoms with Crippen LogP contribution in [0.25, 0.3) is 0 Å². The molecule has 6 nitrogen and oxygen atoms in total. The van der Waals surface area contributed by atoms with Gasteiger partial charge in [-0.15, -0.1) is 0 Å². The summed E-state index contributed by atoms with van der Waals surface area (Å²) in [5, 5.41) is 5.91. The number of fused-ring (bicyclic) bond motifs is 1. The Hall–Kier alpha value is -2.08. The van der Waals surface area contributed by atoms with Crippen molar-refractivity contribution in [2.75, 3.05) is 13.1 Å². The number of carbonyl (C=O) groups is 2. The molecule has 136 valence electrons. The molecule has 25 heavy (non-hydrogen) atoms. The van der Waals surface area contributed by atoms with Gasteiger partial charge in [0.2, 0.25) is 5.91 Å². The maximum Gasteiger partial charge on any atom is 0.317 e. The zero-order chi connectivity index (χ0) is 17.6. The predicted octanol–water partition coefficient (Wildman–Crippen LogP) is 1.53. The van der Waals surface area contributed by atoms with Crippen LogP contribution in [-0.2, 0) is 17.8 Å². The minimum absolute atomic E-state index is 0.00441. The minimum atomic E-state index is -0.0917. The molecule has 1 saturated carbocycles. The molecule has 1 aliphatic carbocycles. The number of hydrogen-bond donors (Lipinski definition) is 3. The van der Waals surface area contributed by atoms with Crippen LogP contribution in [0.2, 0.25) is 0 Å². The number of amides is 3. The van der Waals surface area contributed by atoms with Crippen LogP contribution in [0.15, 0.2) is 24.3 Å². The molecule has 0 bridgehead atoms. The molecule has 1 aromatic carbocycles. The SMILES string of the molecule is NC1CCC(NC(=O)CCNC(=O)N2CCc3ccccc3C2)CC1. The van der Waals surface area contributed by atoms with Crippen LogP contribution in [0.4, 0.5) is 4.79 Å². The summed E-state index contributed by atoms with van der Waals surface area (Å²) in [5.74, 6) is 0.00441. The summed E-state index contributed by atoms with van der Waals surface area (Å²) in [7, 11) is 0. The summed E-state index contributed by atoms with van der Waals surface area (Å²) in [5.41, 5.74) is 8.40. The fourth-order valence-corrected chi connectivity index (χ4v) is 3.63. The normalized spacial score (nSPS) is 22.8. The highest BCUT2D eigenvalue weighted by atomic mass is 16.2. The van der Waals surface area contributed by atoms with Gasteiger partial charge in [0, 0.05) is 38.1 Å². The molecule has 1 heterocycles. The van der Waals surface area contributed by atoms with Crippen molar-refractivity contribution in [2.45, 2.75) is 57.2 Å². The summed E-state index contributed by atoms with van der Waals surface area (Å²) in [6.07, 6.45) is 5.04. The number of nitrogens with one attached hydrogen (secondary N) is 2. The molecule has 0 aromatic heterocycles. The minimum Gasteiger partial charge on any atom is -0.353 e. The lowest BCUT2D eigenvalue weighted by atomic mass is 9.92. The Morgan fingerprint density at radius 3 is 2.60 bits per heavy atom. The van der Waals surface area contributed by atoms with E-state index in [9.17, 15) is 9.59 Å². The zero-order valence-electron chi connectivity index (χ0n) is 14.7. The lowest BCUT2D eigenvalue weighted by molar-refractivity contribution is -0.121. The first-order valence-electron chi connectivity index (χ1n) is 9.26. The molecule has 1 fully saturated rings. The van der Waals surface area contributed by atoms with Crippen molar-refractivity contribution in [2.24, 2.45) is 5.73 Å². The molecule has 1 aromatic rings. The average Bonchev–Trinajstić information content (AvgIpc) is 2.63. The molecule has 3 rings (SSSR count). The van der Waals surface area contributed by atoms with Crippen LogP contribution < -0.4 is 16.4 Å². The average molecular weight is 344 g/mol. The largest absolute Gasteiger partial charge is 0.353 e. The maximum atomic E-state index is 12.3. The van der Waals surface area contributed by atoms with Gasteiger partial charge < -0.3 is 21.3 Å². The number of rotatable bonds is 4. The predicted molar refractivity (Wildman–Crippen MR) is 96.9 cm³/mol. The van der Waals surface area contributed by atoms with Crippen LogP contribution >= 0.6 is 0 Å². The Morgan fingerprint density at radius 2 is 1.84 bits per heavy atom. The summed E-state index contributed by atoms with van der Waals surface area (Å²) in [6.45, 7) is 1.73. The monoisotopic (exact) mass is 344 g/mol. The molecule has 2 aliphatic rings. The second kappa shape index (κ2) is 8.34. The highest BCUT2D eigenvalue weighted by Crippen LogP contribution is 2.18. The van der Waals surface area contributed by atoms with E-state index in [0.29, 0.717) is 19.5 Å². The van der Waals surface area contributed by atoms with Crippen molar-refractivity contribution in [1.82, 2.24) is 15.5 Å². The molecule has 3 amide bonds. The quantitative estimate of drug-likeness (QED) is 0.774. The summed E-state index contributed by atoms with van der Waals surface area (Å²) in [4.78, 5) is 26.1. The molecule has 6 heteroatoms. The number of urea groups is 1. The zero-order valence-corrected chi connectivity index (χ0v) is 14.7. The fraction of sp³-hybridized carbons (Fsp3) is 0.579. The van der Waals surface area contributed by atoms with Gasteiger partial charge in [0.1, 0.15) is 0 Å². The first-order valence-corrected chi connectivity index (χ1v) is 9.26. The van der Waals surface area contributed by atoms with E-state index in [1.165, 1.54) is 11.1 Å². The fourth-order valence-electron chi connectivity index (χ4n) is 3.63. The van der Waals surface area contributed by atoms with Crippen LogP contribution in [0, 0.1) is 0 Å². The molecule has 0 atom stereocenters. The van der Waals surface area contributed by atoms with Gasteiger partial charge in [0.25, 0.3) is 0 Å². The standard InChI is InChI=1S/C19H28N4O2/c20-16-5-7-17(8-6-16)22-18(24)9-11-21-19(25)23-12-10-14-3-1-2-4-15(14)13-23/h1-4,16-17H,5-13,20H2,(H,21,25)(H,22,24). The van der Waals surface area contributed by atoms with E-state index in [4.69, 9.17) is 5.73 Å². The van der Waals surface area contributed by atoms with Crippen molar-refractivity contribution < 1.29 is 9.59 Å². The topological polar surface area (TPSA) is 87.5 Å². The summed E-state index contributed by atoms with van der Waals surface area (Å²) < 4.78 is 0. The maximum absolute atomic E-state index is 12.3. The number of hydrogen-bond acceptors (Lipinski definition) is 3. The van der Waals surface area contributed by atoms with Crippen LogP contribution in [-0.4, -0.2) is 42.0 Å². The van der Waals surface area contributed by atoms with E-state index in [1.807, 2.05) is 17.0 Å². The molecule has 0 spiro atoms. The molecular formula is C19H28N4O2. The first-order chi connectivity index (χ1) is 12.1. The van der Waals surface area contributed by atoms with Gasteiger partial charge in [0.15, 0.2) is 0 Å². The van der Waals surface area contributed by atoms with Crippen molar-refractivity contribution in [1.29, 1.82) is 0 Å². The Kier molecular flexibility index (Phi) is 5.91. The number of nitrogens with zero attached hydrogens (tertiary/aromatic N) is 1. The van der Waals surface area contributed by atoms with Gasteiger partial charge in [-0.25, -0.2) is 4.79 Å². The number of carbonyl (C=O) groups excluding carboxylic acids is 2. The molecule has 0 saturated heterocycles. The lowest BCUT2D eigenvalue weighted by Gasteiger charge is -2.29. The van der Waals surface area contributed by atoms with E-state index >= 15 is 0 Å². The molecule has 0 radical (unpaired) electrons. The molecule has 0 unspecified atom stereocenters. The second-order valence-corrected chi connectivity index (χ2v) is 7.10. The summed E-state index contributed by atoms with van der Waals surface area (Å²) >= 11 is 0. The third-order valence-electron chi connectivity index (χ3n) is 5.18. The van der Waals surface area contributed by atoms with E-state index in [1.54, 1.807) is 0 Å². The van der Waals surface area contributed by atoms with Crippen molar-refractivity contribution in [3.63, 3.8) is 0 Å². The van der Waals surface area contributed by atoms with Crippen molar-refractivity contribution >= 4 is 11.9 Å². The Labute approximate surface area is 149 Å². The third-order valence-corrected chi connectivity index (χ3v) is 5.18. The second-order valence-electron chi connectivity index (χ2n) is 7.10. The van der Waals surface area contributed by atoms with Gasteiger partial charge >= 0.3 is 6.03 Å². The first kappa shape index (κ1) is 17.7. The van der Waals surface area contributed by atoms with Gasteiger partial charge in [-0.3, -0.25) is 4.79 Å². The Morgan fingerprint density at radius 1 is 1.12 bits per heavy atom. The van der Waals surface area contributed by atoms with Gasteiger partial charge in [-0.2, -0.15) is 0 Å². The Balaban J connectivity index is 1.36. The summed E-state index contributed by atoms with van der Waals surface area (Å²) in [6, 6.07) is 8.65. The van der Waals surface area contributed by atoms with Crippen LogP contribution in [0.3, 0.4) is 0 Å². The third kappa shape index (κ3) is 4.95. The van der Waals surface area contributed by atoms with E-state index < -0.39 is 0 Å². The van der Waals surface area contributed by atoms with Crippen LogP contribution in [0.5, 0.6) is 0 Å². The van der Waals surface area contributed by atoms with Gasteiger partial charge in [-0.1, -0.05) is 24.3 Å². The van der Waals surface area contributed by atoms with E-state index in [-0.39, 0.29) is 24.0 Å². The Bertz CT molecular complexity index is 611. The number of benzene rings is 1. The molecular weight excluding hydrogens is 316 g/mol. The van der Waals surface area contributed by atoms with E-state index in [2.05, 4.69) is 22.8 Å². The highest BCUT2D eigenvalue weighted by molar-refractivity contribution is 5.78. The highest BCUT2D eigenvalue weighted by Gasteiger charge is 2.21. The molecule has 4 N–H and O–H groups in total. The smallest absolute Gasteiger partial charge is 0.317 e. The van der Waals surface area contributed by atoms with Gasteiger partial charge in [0.05, 0.1) is 0 Å². The van der Waals surface area contributed by atoms with E-state index in [0.717, 1.165) is 38.6 Å². The number of nitrogens with two attached hydrogens (primary N) is 1. The van der Waals surface area contributed by atoms with Gasteiger partial charge in [-0.05, 0) is 43.2 Å². The van der Waals surface area contributed by atoms with Crippen molar-refractivity contribution in [3.05, 3.63) is 35.4 Å². The van der Waals surface area contributed by atoms with Crippen LogP contribution in [0.1, 0.15) is 43.2 Å². The molecule has 1 aliphatic heterocycles.